The molecule has 1 aliphatic rings. The smallest absolute Gasteiger partial charge is 0.260 e. The normalized spacial score (nSPS) is 15.1. The highest BCUT2D eigenvalue weighted by molar-refractivity contribution is 9.10. The van der Waals surface area contributed by atoms with Gasteiger partial charge < -0.3 is 0 Å². The molecule has 2 aromatic carbocycles. The number of nitrogens with zero attached hydrogens (tertiary/aromatic N) is 2. The number of ketones is 1. The quantitative estimate of drug-likeness (QED) is 0.572. The number of carbonyl (C=O) groups is 2. The molecule has 24 heavy (non-hydrogen) atoms. The van der Waals surface area contributed by atoms with Crippen molar-refractivity contribution in [3.05, 3.63) is 75.2 Å². The van der Waals surface area contributed by atoms with E-state index in [-0.39, 0.29) is 18.2 Å². The van der Waals surface area contributed by atoms with E-state index >= 15 is 0 Å². The van der Waals surface area contributed by atoms with Gasteiger partial charge in [0.1, 0.15) is 0 Å². The molecule has 0 unspecified atom stereocenters. The summed E-state index contributed by atoms with van der Waals surface area (Å²) in [5, 5.41) is 9.45. The lowest BCUT2D eigenvalue weighted by atomic mass is 10.1. The summed E-state index contributed by atoms with van der Waals surface area (Å²) >= 11 is 4.64. The van der Waals surface area contributed by atoms with E-state index in [0.717, 1.165) is 9.37 Å². The van der Waals surface area contributed by atoms with Gasteiger partial charge in [-0.25, -0.2) is 0 Å². The van der Waals surface area contributed by atoms with Gasteiger partial charge in [-0.3, -0.25) is 14.5 Å². The SMILES string of the molecule is N#C/C=C1/Sc2ccccc2C(=O)N1CC(=O)c1ccc(Br)cc1. The summed E-state index contributed by atoms with van der Waals surface area (Å²) < 4.78 is 0.877. The largest absolute Gasteiger partial charge is 0.294 e. The molecule has 0 bridgehead atoms. The molecular weight excluding hydrogens is 388 g/mol. The van der Waals surface area contributed by atoms with Crippen molar-refractivity contribution in [1.29, 1.82) is 5.26 Å². The Balaban J connectivity index is 1.92. The lowest BCUT2D eigenvalue weighted by molar-refractivity contribution is 0.0763. The zero-order valence-electron chi connectivity index (χ0n) is 12.4. The summed E-state index contributed by atoms with van der Waals surface area (Å²) in [6, 6.07) is 16.1. The third-order valence-corrected chi connectivity index (χ3v) is 5.15. The zero-order valence-corrected chi connectivity index (χ0v) is 14.8. The van der Waals surface area contributed by atoms with E-state index in [2.05, 4.69) is 15.9 Å². The monoisotopic (exact) mass is 398 g/mol. The summed E-state index contributed by atoms with van der Waals surface area (Å²) in [5.74, 6) is -0.448. The fraction of sp³-hybridized carbons (Fsp3) is 0.0556. The maximum atomic E-state index is 12.7. The number of allylic oxidation sites excluding steroid dienone is 1. The van der Waals surface area contributed by atoms with Crippen LogP contribution >= 0.6 is 27.7 Å². The molecule has 4 nitrogen and oxygen atoms in total. The Morgan fingerprint density at radius 1 is 1.21 bits per heavy atom. The van der Waals surface area contributed by atoms with Gasteiger partial charge in [0.15, 0.2) is 5.78 Å². The Hall–Kier alpha value is -2.36. The van der Waals surface area contributed by atoms with Gasteiger partial charge in [0.05, 0.1) is 23.2 Å². The van der Waals surface area contributed by atoms with Gasteiger partial charge in [-0.2, -0.15) is 5.26 Å². The van der Waals surface area contributed by atoms with Gasteiger partial charge >= 0.3 is 0 Å². The number of halogens is 1. The predicted molar refractivity (Wildman–Crippen MR) is 95.5 cm³/mol. The van der Waals surface area contributed by atoms with Crippen LogP contribution in [0.3, 0.4) is 0 Å². The van der Waals surface area contributed by atoms with Crippen LogP contribution < -0.4 is 0 Å². The lowest BCUT2D eigenvalue weighted by Crippen LogP contribution is -2.36. The second-order valence-corrected chi connectivity index (χ2v) is 7.01. The number of amides is 1. The molecule has 0 aliphatic carbocycles. The molecule has 6 heteroatoms. The molecule has 0 fully saturated rings. The van der Waals surface area contributed by atoms with Crippen LogP contribution in [0.1, 0.15) is 20.7 Å². The highest BCUT2D eigenvalue weighted by Gasteiger charge is 2.30. The number of thioether (sulfide) groups is 1. The van der Waals surface area contributed by atoms with Crippen molar-refractivity contribution in [3.8, 4) is 6.07 Å². The van der Waals surface area contributed by atoms with Crippen LogP contribution in [-0.4, -0.2) is 23.1 Å². The molecule has 0 atom stereocenters. The van der Waals surface area contributed by atoms with E-state index in [1.807, 2.05) is 18.2 Å². The number of Topliss-reactive ketones (excluding diaryl/α,β-unsaturated/α-hetero) is 1. The van der Waals surface area contributed by atoms with Crippen molar-refractivity contribution >= 4 is 39.4 Å². The first kappa shape index (κ1) is 16.5. The summed E-state index contributed by atoms with van der Waals surface area (Å²) in [6.07, 6.45) is 1.30. The Morgan fingerprint density at radius 3 is 2.62 bits per heavy atom. The standard InChI is InChI=1S/C18H11BrN2O2S/c19-13-7-5-12(6-8-13)15(22)11-21-17(9-10-20)24-16-4-2-1-3-14(16)18(21)23/h1-9H,11H2/b17-9+. The Labute approximate surface area is 151 Å². The van der Waals surface area contributed by atoms with E-state index < -0.39 is 0 Å². The third-order valence-electron chi connectivity index (χ3n) is 3.50. The topological polar surface area (TPSA) is 61.2 Å². The molecule has 0 saturated carbocycles. The molecule has 0 saturated heterocycles. The molecule has 1 aliphatic heterocycles. The Morgan fingerprint density at radius 2 is 1.92 bits per heavy atom. The first-order valence-electron chi connectivity index (χ1n) is 7.07. The average molecular weight is 399 g/mol. The van der Waals surface area contributed by atoms with Crippen molar-refractivity contribution < 1.29 is 9.59 Å². The van der Waals surface area contributed by atoms with Gasteiger partial charge in [0, 0.05) is 21.0 Å². The van der Waals surface area contributed by atoms with Crippen molar-refractivity contribution in [2.45, 2.75) is 4.90 Å². The van der Waals surface area contributed by atoms with Gasteiger partial charge in [0.2, 0.25) is 0 Å². The molecule has 3 rings (SSSR count). The van der Waals surface area contributed by atoms with E-state index in [1.165, 1.54) is 22.7 Å². The number of benzene rings is 2. The minimum absolute atomic E-state index is 0.102. The predicted octanol–water partition coefficient (Wildman–Crippen LogP) is 4.24. The van der Waals surface area contributed by atoms with Gasteiger partial charge in [-0.15, -0.1) is 0 Å². The van der Waals surface area contributed by atoms with E-state index in [1.54, 1.807) is 36.4 Å². The number of hydrogen-bond acceptors (Lipinski definition) is 4. The fourth-order valence-electron chi connectivity index (χ4n) is 2.33. The highest BCUT2D eigenvalue weighted by atomic mass is 79.9. The summed E-state index contributed by atoms with van der Waals surface area (Å²) in [5.41, 5.74) is 1.06. The van der Waals surface area contributed by atoms with E-state index in [4.69, 9.17) is 5.26 Å². The number of nitriles is 1. The van der Waals surface area contributed by atoms with Crippen LogP contribution in [0.2, 0.25) is 0 Å². The minimum atomic E-state index is -0.267. The molecule has 0 N–H and O–H groups in total. The van der Waals surface area contributed by atoms with Crippen LogP contribution in [-0.2, 0) is 0 Å². The molecule has 118 valence electrons. The maximum Gasteiger partial charge on any atom is 0.260 e. The second-order valence-electron chi connectivity index (χ2n) is 5.03. The van der Waals surface area contributed by atoms with Crippen LogP contribution in [0, 0.1) is 11.3 Å². The molecule has 0 radical (unpaired) electrons. The highest BCUT2D eigenvalue weighted by Crippen LogP contribution is 2.38. The number of rotatable bonds is 3. The molecule has 1 amide bonds. The van der Waals surface area contributed by atoms with Crippen LogP contribution in [0.5, 0.6) is 0 Å². The molecule has 0 spiro atoms. The summed E-state index contributed by atoms with van der Waals surface area (Å²) in [6.45, 7) is -0.102. The van der Waals surface area contributed by atoms with Crippen LogP contribution in [0.15, 0.2) is 69.0 Å². The van der Waals surface area contributed by atoms with Gasteiger partial charge in [0.25, 0.3) is 5.91 Å². The summed E-state index contributed by atoms with van der Waals surface area (Å²) in [7, 11) is 0. The fourth-order valence-corrected chi connectivity index (χ4v) is 3.60. The third kappa shape index (κ3) is 3.28. The first-order valence-corrected chi connectivity index (χ1v) is 8.68. The molecule has 0 aromatic heterocycles. The first-order chi connectivity index (χ1) is 11.6. The molecular formula is C18H11BrN2O2S. The van der Waals surface area contributed by atoms with Crippen molar-refractivity contribution in [2.75, 3.05) is 6.54 Å². The average Bonchev–Trinajstić information content (AvgIpc) is 2.59. The van der Waals surface area contributed by atoms with E-state index in [0.29, 0.717) is 16.2 Å². The number of carbonyl (C=O) groups excluding carboxylic acids is 2. The van der Waals surface area contributed by atoms with Crippen LogP contribution in [0.4, 0.5) is 0 Å². The molecule has 1 heterocycles. The van der Waals surface area contributed by atoms with E-state index in [9.17, 15) is 9.59 Å². The van der Waals surface area contributed by atoms with Crippen molar-refractivity contribution in [3.63, 3.8) is 0 Å². The van der Waals surface area contributed by atoms with Gasteiger partial charge in [-0.1, -0.05) is 52.0 Å². The van der Waals surface area contributed by atoms with Crippen molar-refractivity contribution in [2.24, 2.45) is 0 Å². The Bertz CT molecular complexity index is 885. The number of hydrogen-bond donors (Lipinski definition) is 0. The summed E-state index contributed by atoms with van der Waals surface area (Å²) in [4.78, 5) is 27.4. The van der Waals surface area contributed by atoms with Crippen LogP contribution in [0.25, 0.3) is 0 Å². The van der Waals surface area contributed by atoms with Gasteiger partial charge in [-0.05, 0) is 24.3 Å². The van der Waals surface area contributed by atoms with Crippen molar-refractivity contribution in [1.82, 2.24) is 4.90 Å². The minimum Gasteiger partial charge on any atom is -0.294 e. The second kappa shape index (κ2) is 7.04. The number of fused-ring (bicyclic) bond motifs is 1. The molecule has 2 aromatic rings. The Kier molecular flexibility index (Phi) is 4.84. The zero-order chi connectivity index (χ0) is 17.1. The maximum absolute atomic E-state index is 12.7. The lowest BCUT2D eigenvalue weighted by Gasteiger charge is -2.29.